The Hall–Kier alpha value is -3.22. The summed E-state index contributed by atoms with van der Waals surface area (Å²) in [6, 6.07) is 11.1. The number of aromatic amines is 1. The number of para-hydroxylation sites is 1. The Bertz CT molecular complexity index is 1100. The number of pyridine rings is 1. The van der Waals surface area contributed by atoms with Gasteiger partial charge in [-0.2, -0.15) is 0 Å². The molecule has 150 valence electrons. The van der Waals surface area contributed by atoms with Gasteiger partial charge < -0.3 is 15.4 Å². The monoisotopic (exact) mass is 392 g/mol. The molecule has 1 atom stereocenters. The molecule has 1 aliphatic carbocycles. The quantitative estimate of drug-likeness (QED) is 0.631. The number of aromatic hydroxyl groups is 1. The van der Waals surface area contributed by atoms with Crippen molar-refractivity contribution in [2.24, 2.45) is 5.92 Å². The number of hydrogen-bond donors (Lipinski definition) is 3. The van der Waals surface area contributed by atoms with E-state index in [1.807, 2.05) is 37.3 Å². The highest BCUT2D eigenvalue weighted by atomic mass is 16.3. The van der Waals surface area contributed by atoms with E-state index < -0.39 is 17.2 Å². The average molecular weight is 392 g/mol. The zero-order valence-corrected chi connectivity index (χ0v) is 16.3. The summed E-state index contributed by atoms with van der Waals surface area (Å²) in [5.74, 6) is -0.677. The van der Waals surface area contributed by atoms with E-state index >= 15 is 0 Å². The maximum atomic E-state index is 12.8. The zero-order chi connectivity index (χ0) is 20.4. The summed E-state index contributed by atoms with van der Waals surface area (Å²) in [7, 11) is 0. The second-order valence-corrected chi connectivity index (χ2v) is 7.66. The predicted molar refractivity (Wildman–Crippen MR) is 111 cm³/mol. The van der Waals surface area contributed by atoms with E-state index in [1.165, 1.54) is 6.42 Å². The molecule has 2 aromatic heterocycles. The summed E-state index contributed by atoms with van der Waals surface area (Å²) < 4.78 is 0. The summed E-state index contributed by atoms with van der Waals surface area (Å²) in [4.78, 5) is 36.2. The number of benzene rings is 1. The number of rotatable bonds is 4. The van der Waals surface area contributed by atoms with Crippen LogP contribution in [0.1, 0.15) is 49.5 Å². The number of aromatic nitrogens is 3. The molecular weight excluding hydrogens is 368 g/mol. The third-order valence-electron chi connectivity index (χ3n) is 5.67. The summed E-state index contributed by atoms with van der Waals surface area (Å²) in [6.45, 7) is 1.96. The molecule has 2 heterocycles. The Labute approximate surface area is 168 Å². The largest absolute Gasteiger partial charge is 0.501 e. The van der Waals surface area contributed by atoms with Crippen LogP contribution in [-0.2, 0) is 0 Å². The van der Waals surface area contributed by atoms with Crippen molar-refractivity contribution >= 4 is 16.8 Å². The second-order valence-electron chi connectivity index (χ2n) is 7.66. The molecule has 0 saturated heterocycles. The van der Waals surface area contributed by atoms with Gasteiger partial charge in [-0.05, 0) is 37.8 Å². The van der Waals surface area contributed by atoms with Crippen LogP contribution in [0.25, 0.3) is 22.4 Å². The number of nitrogens with one attached hydrogen (secondary N) is 2. The van der Waals surface area contributed by atoms with Crippen LogP contribution >= 0.6 is 0 Å². The number of nitrogens with zero attached hydrogens (tertiary/aromatic N) is 2. The highest BCUT2D eigenvalue weighted by Gasteiger charge is 2.25. The molecular formula is C22H24N4O3. The van der Waals surface area contributed by atoms with Crippen molar-refractivity contribution < 1.29 is 9.90 Å². The van der Waals surface area contributed by atoms with Gasteiger partial charge in [0.15, 0.2) is 11.5 Å². The van der Waals surface area contributed by atoms with Crippen molar-refractivity contribution in [1.29, 1.82) is 0 Å². The molecule has 4 rings (SSSR count). The first-order chi connectivity index (χ1) is 14.0. The number of fused-ring (bicyclic) bond motifs is 1. The van der Waals surface area contributed by atoms with Crippen LogP contribution in [0.2, 0.25) is 0 Å². The molecule has 0 aliphatic heterocycles. The Morgan fingerprint density at radius 2 is 1.90 bits per heavy atom. The molecule has 1 fully saturated rings. The van der Waals surface area contributed by atoms with Gasteiger partial charge in [0, 0.05) is 11.4 Å². The molecule has 7 nitrogen and oxygen atoms in total. The minimum atomic E-state index is -0.763. The molecule has 0 radical (unpaired) electrons. The Morgan fingerprint density at radius 3 is 2.69 bits per heavy atom. The first-order valence-corrected chi connectivity index (χ1v) is 10.0. The van der Waals surface area contributed by atoms with E-state index in [9.17, 15) is 14.7 Å². The lowest BCUT2D eigenvalue weighted by atomic mass is 9.84. The molecule has 1 amide bonds. The van der Waals surface area contributed by atoms with Crippen LogP contribution in [0.5, 0.6) is 5.75 Å². The molecule has 1 aliphatic rings. The zero-order valence-electron chi connectivity index (χ0n) is 16.3. The lowest BCUT2D eigenvalue weighted by molar-refractivity contribution is 0.0911. The Morgan fingerprint density at radius 1 is 1.14 bits per heavy atom. The van der Waals surface area contributed by atoms with Crippen molar-refractivity contribution in [3.8, 4) is 17.3 Å². The van der Waals surface area contributed by atoms with E-state index in [0.717, 1.165) is 36.6 Å². The third-order valence-corrected chi connectivity index (χ3v) is 5.67. The molecule has 0 spiro atoms. The van der Waals surface area contributed by atoms with Gasteiger partial charge in [-0.25, -0.2) is 9.97 Å². The van der Waals surface area contributed by atoms with Gasteiger partial charge in [-0.3, -0.25) is 9.59 Å². The molecule has 7 heteroatoms. The number of amides is 1. The molecule has 0 unspecified atom stereocenters. The van der Waals surface area contributed by atoms with E-state index in [4.69, 9.17) is 0 Å². The van der Waals surface area contributed by atoms with Gasteiger partial charge >= 0.3 is 0 Å². The van der Waals surface area contributed by atoms with Gasteiger partial charge in [0.25, 0.3) is 11.5 Å². The summed E-state index contributed by atoms with van der Waals surface area (Å²) in [5, 5.41) is 14.0. The van der Waals surface area contributed by atoms with Crippen LogP contribution in [0.15, 0.2) is 41.2 Å². The molecule has 1 saturated carbocycles. The fourth-order valence-corrected chi connectivity index (χ4v) is 3.97. The molecule has 0 bridgehead atoms. The van der Waals surface area contributed by atoms with Crippen LogP contribution in [0.4, 0.5) is 0 Å². The van der Waals surface area contributed by atoms with E-state index in [-0.39, 0.29) is 17.6 Å². The van der Waals surface area contributed by atoms with Gasteiger partial charge in [0.1, 0.15) is 5.69 Å². The fourth-order valence-electron chi connectivity index (χ4n) is 3.97. The van der Waals surface area contributed by atoms with Gasteiger partial charge in [-0.15, -0.1) is 0 Å². The minimum Gasteiger partial charge on any atom is -0.501 e. The van der Waals surface area contributed by atoms with Gasteiger partial charge in [-0.1, -0.05) is 43.5 Å². The molecule has 1 aromatic carbocycles. The maximum absolute atomic E-state index is 12.8. The lowest BCUT2D eigenvalue weighted by Crippen LogP contribution is -2.39. The van der Waals surface area contributed by atoms with Crippen LogP contribution < -0.4 is 10.9 Å². The van der Waals surface area contributed by atoms with Crippen LogP contribution in [-0.4, -0.2) is 32.0 Å². The number of carbonyl (C=O) groups is 1. The van der Waals surface area contributed by atoms with Crippen molar-refractivity contribution in [2.45, 2.75) is 45.1 Å². The van der Waals surface area contributed by atoms with Gasteiger partial charge in [0.05, 0.1) is 5.52 Å². The minimum absolute atomic E-state index is 0.0504. The number of carbonyl (C=O) groups excluding carboxylic acids is 1. The van der Waals surface area contributed by atoms with Crippen molar-refractivity contribution in [2.75, 3.05) is 0 Å². The standard InChI is InChI=1S/C22H24N4O3/c1-13(14-7-3-2-4-8-14)23-21(28)18-19(27)22(29)26-20(25-18)17-12-11-15-9-5-6-10-16(15)24-17/h5-6,9-14,27H,2-4,7-8H2,1H3,(H,23,28)(H,25,26,29)/t13-/m1/s1. The smallest absolute Gasteiger partial charge is 0.294 e. The molecule has 29 heavy (non-hydrogen) atoms. The predicted octanol–water partition coefficient (Wildman–Crippen LogP) is 3.39. The number of hydrogen-bond acceptors (Lipinski definition) is 5. The Kier molecular flexibility index (Phi) is 5.29. The highest BCUT2D eigenvalue weighted by Crippen LogP contribution is 2.26. The molecule has 3 aromatic rings. The summed E-state index contributed by atoms with van der Waals surface area (Å²) in [6.07, 6.45) is 5.70. The third kappa shape index (κ3) is 3.99. The first kappa shape index (κ1) is 19.1. The van der Waals surface area contributed by atoms with E-state index in [2.05, 4.69) is 20.3 Å². The van der Waals surface area contributed by atoms with Crippen LogP contribution in [0, 0.1) is 5.92 Å². The maximum Gasteiger partial charge on any atom is 0.294 e. The highest BCUT2D eigenvalue weighted by molar-refractivity contribution is 5.95. The summed E-state index contributed by atoms with van der Waals surface area (Å²) >= 11 is 0. The summed E-state index contributed by atoms with van der Waals surface area (Å²) in [5.41, 5.74) is 0.134. The van der Waals surface area contributed by atoms with Crippen molar-refractivity contribution in [3.63, 3.8) is 0 Å². The average Bonchev–Trinajstić information content (AvgIpc) is 2.75. The Balaban J connectivity index is 1.64. The van der Waals surface area contributed by atoms with E-state index in [0.29, 0.717) is 11.6 Å². The van der Waals surface area contributed by atoms with Gasteiger partial charge in [0.2, 0.25) is 5.75 Å². The first-order valence-electron chi connectivity index (χ1n) is 10.0. The topological polar surface area (TPSA) is 108 Å². The SMILES string of the molecule is C[C@@H](NC(=O)c1nc(-c2ccc3ccccc3n2)[nH]c(=O)c1O)C1CCCCC1. The number of H-pyrrole nitrogens is 1. The van der Waals surface area contributed by atoms with E-state index in [1.54, 1.807) is 6.07 Å². The van der Waals surface area contributed by atoms with Crippen molar-refractivity contribution in [1.82, 2.24) is 20.3 Å². The van der Waals surface area contributed by atoms with Crippen molar-refractivity contribution in [3.05, 3.63) is 52.4 Å². The fraction of sp³-hybridized carbons (Fsp3) is 0.364. The normalized spacial score (nSPS) is 15.9. The van der Waals surface area contributed by atoms with Crippen LogP contribution in [0.3, 0.4) is 0 Å². The molecule has 3 N–H and O–H groups in total. The second kappa shape index (κ2) is 8.03. The lowest BCUT2D eigenvalue weighted by Gasteiger charge is -2.28.